The molecule has 0 aliphatic rings. The number of nitrogens with one attached hydrogen (secondary N) is 1. The molecule has 0 unspecified atom stereocenters. The molecule has 0 heterocycles. The zero-order valence-corrected chi connectivity index (χ0v) is 8.25. The molecule has 0 rings (SSSR count). The summed E-state index contributed by atoms with van der Waals surface area (Å²) in [6.07, 6.45) is 6.03. The molecule has 0 aliphatic heterocycles. The van der Waals surface area contributed by atoms with E-state index in [1.54, 1.807) is 6.08 Å². The summed E-state index contributed by atoms with van der Waals surface area (Å²) in [4.78, 5) is 20.9. The molecule has 2 N–H and O–H groups in total. The monoisotopic (exact) mass is 197 g/mol. The van der Waals surface area contributed by atoms with Crippen LogP contribution in [0.4, 0.5) is 0 Å². The molecular weight excluding hydrogens is 182 g/mol. The Bertz CT molecular complexity index is 252. The first kappa shape index (κ1) is 12.5. The zero-order chi connectivity index (χ0) is 10.8. The molecule has 4 heteroatoms. The average molecular weight is 197 g/mol. The van der Waals surface area contributed by atoms with E-state index in [1.807, 2.05) is 0 Å². The largest absolute Gasteiger partial charge is 0.480 e. The number of carboxylic acids is 1. The first-order valence-electron chi connectivity index (χ1n) is 4.57. The number of unbranched alkanes of at least 4 members (excludes halogenated alkanes) is 2. The molecule has 0 bridgehead atoms. The van der Waals surface area contributed by atoms with E-state index in [9.17, 15) is 9.59 Å². The van der Waals surface area contributed by atoms with Crippen molar-refractivity contribution in [3.63, 3.8) is 0 Å². The minimum absolute atomic E-state index is 0.355. The van der Waals surface area contributed by atoms with Crippen LogP contribution in [-0.2, 0) is 9.59 Å². The van der Waals surface area contributed by atoms with Crippen LogP contribution in [0.1, 0.15) is 26.2 Å². The third-order valence-electron chi connectivity index (χ3n) is 1.45. The van der Waals surface area contributed by atoms with Gasteiger partial charge in [-0.3, -0.25) is 9.59 Å². The van der Waals surface area contributed by atoms with Gasteiger partial charge >= 0.3 is 5.97 Å². The lowest BCUT2D eigenvalue weighted by Crippen LogP contribution is -2.27. The normalized spacial score (nSPS) is 8.64. The fourth-order valence-corrected chi connectivity index (χ4v) is 0.738. The maximum Gasteiger partial charge on any atom is 0.322 e. The average Bonchev–Trinajstić information content (AvgIpc) is 2.14. The second-order valence-corrected chi connectivity index (χ2v) is 2.77. The Morgan fingerprint density at radius 3 is 2.79 bits per heavy atom. The fourth-order valence-electron chi connectivity index (χ4n) is 0.738. The Kier molecular flexibility index (Phi) is 7.19. The molecule has 0 spiro atoms. The van der Waals surface area contributed by atoms with Gasteiger partial charge in [-0.25, -0.2) is 0 Å². The molecule has 0 aromatic heterocycles. The molecular formula is C10H15NO3. The number of carbonyl (C=O) groups excluding carboxylic acids is 1. The van der Waals surface area contributed by atoms with Crippen molar-refractivity contribution in [1.82, 2.24) is 5.32 Å². The van der Waals surface area contributed by atoms with Crippen LogP contribution in [0.3, 0.4) is 0 Å². The summed E-state index contributed by atoms with van der Waals surface area (Å²) in [6, 6.07) is 0. The number of hydrogen-bond donors (Lipinski definition) is 2. The van der Waals surface area contributed by atoms with Crippen molar-refractivity contribution < 1.29 is 14.7 Å². The van der Waals surface area contributed by atoms with Crippen molar-refractivity contribution in [2.75, 3.05) is 6.54 Å². The standard InChI is InChI=1S/C10H15NO3/c1-2-3-4-5-6-7-9(12)11-8-10(13)14/h5,7H,2-4,8H2,1H3,(H,11,12)(H,13,14). The summed E-state index contributed by atoms with van der Waals surface area (Å²) < 4.78 is 0. The minimum Gasteiger partial charge on any atom is -0.480 e. The van der Waals surface area contributed by atoms with Crippen molar-refractivity contribution >= 4 is 11.9 Å². The molecule has 0 saturated heterocycles. The highest BCUT2D eigenvalue weighted by molar-refractivity contribution is 5.89. The second kappa shape index (κ2) is 8.08. The molecule has 78 valence electrons. The number of rotatable bonds is 6. The van der Waals surface area contributed by atoms with Crippen LogP contribution in [0, 0.1) is 0 Å². The van der Waals surface area contributed by atoms with Crippen LogP contribution in [0.15, 0.2) is 17.9 Å². The van der Waals surface area contributed by atoms with Crippen LogP contribution in [0.25, 0.3) is 0 Å². The van der Waals surface area contributed by atoms with E-state index < -0.39 is 11.9 Å². The Labute approximate surface area is 83.3 Å². The Morgan fingerprint density at radius 2 is 2.21 bits per heavy atom. The molecule has 0 aliphatic carbocycles. The highest BCUT2D eigenvalue weighted by Crippen LogP contribution is 1.92. The Morgan fingerprint density at radius 1 is 1.50 bits per heavy atom. The van der Waals surface area contributed by atoms with Gasteiger partial charge < -0.3 is 10.4 Å². The Hall–Kier alpha value is -1.54. The molecule has 0 saturated carbocycles. The van der Waals surface area contributed by atoms with E-state index in [-0.39, 0.29) is 6.54 Å². The molecule has 0 radical (unpaired) electrons. The Balaban J connectivity index is 3.69. The lowest BCUT2D eigenvalue weighted by Gasteiger charge is -1.93. The number of amides is 1. The van der Waals surface area contributed by atoms with Gasteiger partial charge in [0.1, 0.15) is 6.54 Å². The van der Waals surface area contributed by atoms with Crippen LogP contribution in [0.5, 0.6) is 0 Å². The summed E-state index contributed by atoms with van der Waals surface area (Å²) in [7, 11) is 0. The van der Waals surface area contributed by atoms with Crippen LogP contribution in [-0.4, -0.2) is 23.5 Å². The van der Waals surface area contributed by atoms with Crippen LogP contribution < -0.4 is 5.32 Å². The summed E-state index contributed by atoms with van der Waals surface area (Å²) in [5.74, 6) is -1.48. The van der Waals surface area contributed by atoms with Gasteiger partial charge in [-0.05, 0) is 18.9 Å². The van der Waals surface area contributed by atoms with Crippen molar-refractivity contribution in [1.29, 1.82) is 0 Å². The zero-order valence-electron chi connectivity index (χ0n) is 8.25. The van der Waals surface area contributed by atoms with Gasteiger partial charge in [0, 0.05) is 6.08 Å². The number of aliphatic carboxylic acids is 1. The maximum atomic E-state index is 10.9. The lowest BCUT2D eigenvalue weighted by molar-refractivity contribution is -0.137. The molecule has 1 amide bonds. The first-order valence-corrected chi connectivity index (χ1v) is 4.57. The predicted molar refractivity (Wildman–Crippen MR) is 52.8 cm³/mol. The highest BCUT2D eigenvalue weighted by Gasteiger charge is 1.97. The van der Waals surface area contributed by atoms with E-state index in [0.717, 1.165) is 19.3 Å². The fraction of sp³-hybridized carbons (Fsp3) is 0.500. The summed E-state index contributed by atoms with van der Waals surface area (Å²) in [5, 5.41) is 10.4. The van der Waals surface area contributed by atoms with Gasteiger partial charge in [0.05, 0.1) is 0 Å². The van der Waals surface area contributed by atoms with Crippen LogP contribution in [0.2, 0.25) is 0 Å². The SMILES string of the molecule is CCCCC=C=CC(=O)NCC(=O)O. The lowest BCUT2D eigenvalue weighted by atomic mass is 10.2. The van der Waals surface area contributed by atoms with Gasteiger partial charge in [-0.1, -0.05) is 13.3 Å². The third kappa shape index (κ3) is 8.56. The van der Waals surface area contributed by atoms with E-state index in [4.69, 9.17) is 5.11 Å². The van der Waals surface area contributed by atoms with Gasteiger partial charge in [-0.2, -0.15) is 0 Å². The molecule has 0 aromatic carbocycles. The van der Waals surface area contributed by atoms with Crippen molar-refractivity contribution in [3.8, 4) is 0 Å². The predicted octanol–water partition coefficient (Wildman–Crippen LogP) is 1.09. The topological polar surface area (TPSA) is 66.4 Å². The van der Waals surface area contributed by atoms with Gasteiger partial charge in [0.15, 0.2) is 0 Å². The third-order valence-corrected chi connectivity index (χ3v) is 1.45. The quantitative estimate of drug-likeness (QED) is 0.380. The molecule has 0 atom stereocenters. The van der Waals surface area contributed by atoms with Gasteiger partial charge in [0.25, 0.3) is 5.91 Å². The van der Waals surface area contributed by atoms with E-state index >= 15 is 0 Å². The van der Waals surface area contributed by atoms with E-state index in [0.29, 0.717) is 0 Å². The minimum atomic E-state index is -1.05. The molecule has 14 heavy (non-hydrogen) atoms. The first-order chi connectivity index (χ1) is 6.66. The van der Waals surface area contributed by atoms with Gasteiger partial charge in [-0.15, -0.1) is 5.73 Å². The van der Waals surface area contributed by atoms with Crippen molar-refractivity contribution in [3.05, 3.63) is 17.9 Å². The summed E-state index contributed by atoms with van der Waals surface area (Å²) >= 11 is 0. The number of hydrogen-bond acceptors (Lipinski definition) is 2. The number of carboxylic acid groups (broad SMARTS) is 1. The van der Waals surface area contributed by atoms with Gasteiger partial charge in [0.2, 0.25) is 0 Å². The number of carbonyl (C=O) groups is 2. The van der Waals surface area contributed by atoms with E-state index in [1.165, 1.54) is 6.08 Å². The second-order valence-electron chi connectivity index (χ2n) is 2.77. The smallest absolute Gasteiger partial charge is 0.322 e. The highest BCUT2D eigenvalue weighted by atomic mass is 16.4. The van der Waals surface area contributed by atoms with E-state index in [2.05, 4.69) is 18.0 Å². The molecule has 0 fully saturated rings. The van der Waals surface area contributed by atoms with Crippen molar-refractivity contribution in [2.24, 2.45) is 0 Å². The van der Waals surface area contributed by atoms with Crippen LogP contribution >= 0.6 is 0 Å². The maximum absolute atomic E-state index is 10.9. The van der Waals surface area contributed by atoms with Crippen molar-refractivity contribution in [2.45, 2.75) is 26.2 Å². The summed E-state index contributed by atoms with van der Waals surface area (Å²) in [6.45, 7) is 1.73. The molecule has 4 nitrogen and oxygen atoms in total. The summed E-state index contributed by atoms with van der Waals surface area (Å²) in [5.41, 5.74) is 2.69. The molecule has 0 aromatic rings.